The van der Waals surface area contributed by atoms with Crippen molar-refractivity contribution in [1.82, 2.24) is 10.2 Å². The molecule has 2 N–H and O–H groups in total. The molecule has 2 heterocycles. The van der Waals surface area contributed by atoms with Gasteiger partial charge in [0.1, 0.15) is 23.2 Å². The summed E-state index contributed by atoms with van der Waals surface area (Å²) >= 11 is 5.66. The van der Waals surface area contributed by atoms with Gasteiger partial charge in [-0.05, 0) is 61.6 Å². The maximum Gasteiger partial charge on any atom is 0.236 e. The highest BCUT2D eigenvalue weighted by molar-refractivity contribution is 7.80. The van der Waals surface area contributed by atoms with Crippen molar-refractivity contribution in [2.75, 3.05) is 39.8 Å². The van der Waals surface area contributed by atoms with Crippen molar-refractivity contribution in [3.05, 3.63) is 48.0 Å². The van der Waals surface area contributed by atoms with E-state index in [9.17, 15) is 4.79 Å². The molecule has 1 saturated heterocycles. The minimum Gasteiger partial charge on any atom is -0.497 e. The van der Waals surface area contributed by atoms with Gasteiger partial charge in [0, 0.05) is 24.9 Å². The maximum atomic E-state index is 13.6. The minimum absolute atomic E-state index is 0.187. The fourth-order valence-electron chi connectivity index (χ4n) is 4.36. The molecule has 1 fully saturated rings. The van der Waals surface area contributed by atoms with Gasteiger partial charge >= 0.3 is 0 Å². The van der Waals surface area contributed by atoms with Gasteiger partial charge in [-0.1, -0.05) is 0 Å². The van der Waals surface area contributed by atoms with E-state index in [4.69, 9.17) is 31.2 Å². The summed E-state index contributed by atoms with van der Waals surface area (Å²) in [6.07, 6.45) is 0. The number of ether oxygens (including phenoxy) is 4. The van der Waals surface area contributed by atoms with Crippen molar-refractivity contribution in [1.29, 1.82) is 0 Å². The molecule has 0 saturated carbocycles. The normalized spacial score (nSPS) is 23.5. The SMILES string of the molecule is COCCN1C(=S)N[C@H]2c3cc(OC)ccc3O[C@@]1(C)[C@H]2C(=O)Nc1ccc(OC)cc1. The van der Waals surface area contributed by atoms with E-state index in [-0.39, 0.29) is 11.9 Å². The summed E-state index contributed by atoms with van der Waals surface area (Å²) in [6, 6.07) is 12.4. The zero-order valence-corrected chi connectivity index (χ0v) is 19.3. The van der Waals surface area contributed by atoms with E-state index in [1.54, 1.807) is 45.6 Å². The third-order valence-corrected chi connectivity index (χ3v) is 6.34. The molecule has 0 unspecified atom stereocenters. The number of benzene rings is 2. The number of rotatable bonds is 7. The van der Waals surface area contributed by atoms with Gasteiger partial charge in [0.15, 0.2) is 10.8 Å². The highest BCUT2D eigenvalue weighted by Gasteiger charge is 2.58. The van der Waals surface area contributed by atoms with E-state index in [1.807, 2.05) is 30.0 Å². The number of nitrogens with one attached hydrogen (secondary N) is 2. The van der Waals surface area contributed by atoms with E-state index in [2.05, 4.69) is 10.6 Å². The molecule has 4 rings (SSSR count). The third kappa shape index (κ3) is 3.82. The van der Waals surface area contributed by atoms with Crippen LogP contribution in [0.4, 0.5) is 5.69 Å². The fraction of sp³-hybridized carbons (Fsp3) is 0.391. The number of hydrogen-bond acceptors (Lipinski definition) is 6. The predicted molar refractivity (Wildman–Crippen MR) is 124 cm³/mol. The highest BCUT2D eigenvalue weighted by atomic mass is 32.1. The minimum atomic E-state index is -1.01. The maximum absolute atomic E-state index is 13.6. The van der Waals surface area contributed by atoms with Crippen LogP contribution in [0, 0.1) is 5.92 Å². The summed E-state index contributed by atoms with van der Waals surface area (Å²) in [5.41, 5.74) is 0.481. The van der Waals surface area contributed by atoms with Crippen molar-refractivity contribution in [2.24, 2.45) is 5.92 Å². The van der Waals surface area contributed by atoms with Gasteiger partial charge in [-0.3, -0.25) is 4.79 Å². The second kappa shape index (κ2) is 8.84. The van der Waals surface area contributed by atoms with Gasteiger partial charge in [-0.2, -0.15) is 0 Å². The van der Waals surface area contributed by atoms with Crippen LogP contribution >= 0.6 is 12.2 Å². The summed E-state index contributed by atoms with van der Waals surface area (Å²) in [6.45, 7) is 2.81. The predicted octanol–water partition coefficient (Wildman–Crippen LogP) is 2.94. The van der Waals surface area contributed by atoms with Crippen LogP contribution in [0.2, 0.25) is 0 Å². The van der Waals surface area contributed by atoms with Gasteiger partial charge in [-0.25, -0.2) is 0 Å². The Balaban J connectivity index is 1.73. The molecule has 3 atom stereocenters. The lowest BCUT2D eigenvalue weighted by molar-refractivity contribution is -0.150. The number of thiocarbonyl (C=S) groups is 1. The lowest BCUT2D eigenvalue weighted by atomic mass is 9.78. The van der Waals surface area contributed by atoms with Gasteiger partial charge < -0.3 is 34.5 Å². The zero-order valence-electron chi connectivity index (χ0n) is 18.5. The molecular weight excluding hydrogens is 430 g/mol. The molecule has 0 radical (unpaired) electrons. The molecule has 0 spiro atoms. The Hall–Kier alpha value is -3.04. The second-order valence-electron chi connectivity index (χ2n) is 7.83. The Labute approximate surface area is 192 Å². The van der Waals surface area contributed by atoms with Crippen LogP contribution in [0.3, 0.4) is 0 Å². The number of carbonyl (C=O) groups is 1. The number of carbonyl (C=O) groups excluding carboxylic acids is 1. The molecule has 2 aliphatic rings. The smallest absolute Gasteiger partial charge is 0.236 e. The molecule has 0 aromatic heterocycles. The Bertz CT molecular complexity index is 1020. The number of anilines is 1. The molecule has 0 aliphatic carbocycles. The van der Waals surface area contributed by atoms with Gasteiger partial charge in [0.05, 0.1) is 26.9 Å². The highest BCUT2D eigenvalue weighted by Crippen LogP contribution is 2.49. The molecule has 170 valence electrons. The number of hydrogen-bond donors (Lipinski definition) is 2. The average molecular weight is 458 g/mol. The summed E-state index contributed by atoms with van der Waals surface area (Å²) in [5.74, 6) is 1.29. The summed E-state index contributed by atoms with van der Waals surface area (Å²) in [7, 11) is 4.83. The Kier molecular flexibility index (Phi) is 6.12. The van der Waals surface area contributed by atoms with Gasteiger partial charge in [0.25, 0.3) is 0 Å². The van der Waals surface area contributed by atoms with E-state index in [1.165, 1.54) is 0 Å². The Morgan fingerprint density at radius 2 is 1.84 bits per heavy atom. The van der Waals surface area contributed by atoms with Crippen LogP contribution in [0.15, 0.2) is 42.5 Å². The molecule has 8 nitrogen and oxygen atoms in total. The zero-order chi connectivity index (χ0) is 22.9. The van der Waals surface area contributed by atoms with E-state index >= 15 is 0 Å². The van der Waals surface area contributed by atoms with Crippen molar-refractivity contribution >= 4 is 28.9 Å². The lowest BCUT2D eigenvalue weighted by Gasteiger charge is -2.56. The molecular formula is C23H27N3O5S. The number of nitrogens with zero attached hydrogens (tertiary/aromatic N) is 1. The van der Waals surface area contributed by atoms with Crippen LogP contribution in [-0.4, -0.2) is 56.1 Å². The van der Waals surface area contributed by atoms with Crippen LogP contribution in [0.25, 0.3) is 0 Å². The van der Waals surface area contributed by atoms with E-state index < -0.39 is 11.6 Å². The van der Waals surface area contributed by atoms with Crippen LogP contribution in [0.5, 0.6) is 17.2 Å². The molecule has 32 heavy (non-hydrogen) atoms. The van der Waals surface area contributed by atoms with Crippen LogP contribution < -0.4 is 24.8 Å². The topological polar surface area (TPSA) is 81.3 Å². The van der Waals surface area contributed by atoms with Crippen molar-refractivity contribution in [3.8, 4) is 17.2 Å². The van der Waals surface area contributed by atoms with Crippen LogP contribution in [-0.2, 0) is 9.53 Å². The van der Waals surface area contributed by atoms with Crippen LogP contribution in [0.1, 0.15) is 18.5 Å². The monoisotopic (exact) mass is 457 g/mol. The molecule has 1 amide bonds. The molecule has 2 aliphatic heterocycles. The second-order valence-corrected chi connectivity index (χ2v) is 8.21. The quantitative estimate of drug-likeness (QED) is 0.615. The first-order valence-corrected chi connectivity index (χ1v) is 10.7. The van der Waals surface area contributed by atoms with Crippen molar-refractivity contribution in [2.45, 2.75) is 18.7 Å². The van der Waals surface area contributed by atoms with Crippen molar-refractivity contribution in [3.63, 3.8) is 0 Å². The number of methoxy groups -OCH3 is 3. The Morgan fingerprint density at radius 1 is 1.16 bits per heavy atom. The standard InChI is InChI=1S/C23H27N3O5S/c1-23-19(21(27)24-14-5-7-15(29-3)8-6-14)20(25-22(32)26(23)11-12-28-2)17-13-16(30-4)9-10-18(17)31-23/h5-10,13,19-20H,11-12H2,1-4H3,(H,24,27)(H,25,32)/t19-,20+,23+/m1/s1. The number of amides is 1. The Morgan fingerprint density at radius 3 is 2.50 bits per heavy atom. The number of fused-ring (bicyclic) bond motifs is 4. The average Bonchev–Trinajstić information content (AvgIpc) is 2.78. The lowest BCUT2D eigenvalue weighted by Crippen LogP contribution is -2.72. The van der Waals surface area contributed by atoms with Gasteiger partial charge in [0.2, 0.25) is 5.91 Å². The molecule has 2 aromatic rings. The first kappa shape index (κ1) is 22.2. The molecule has 2 aromatic carbocycles. The van der Waals surface area contributed by atoms with E-state index in [0.717, 1.165) is 5.56 Å². The van der Waals surface area contributed by atoms with E-state index in [0.29, 0.717) is 41.2 Å². The first-order valence-electron chi connectivity index (χ1n) is 10.3. The summed E-state index contributed by atoms with van der Waals surface area (Å²) < 4.78 is 22.4. The summed E-state index contributed by atoms with van der Waals surface area (Å²) in [5, 5.41) is 6.89. The van der Waals surface area contributed by atoms with Crippen molar-refractivity contribution < 1.29 is 23.7 Å². The summed E-state index contributed by atoms with van der Waals surface area (Å²) in [4.78, 5) is 15.5. The fourth-order valence-corrected chi connectivity index (χ4v) is 4.76. The molecule has 9 heteroatoms. The van der Waals surface area contributed by atoms with Gasteiger partial charge in [-0.15, -0.1) is 0 Å². The largest absolute Gasteiger partial charge is 0.497 e. The first-order chi connectivity index (χ1) is 15.4. The molecule has 2 bridgehead atoms. The third-order valence-electron chi connectivity index (χ3n) is 6.00.